The Morgan fingerprint density at radius 3 is 2.94 bits per heavy atom. The molecule has 0 bridgehead atoms. The van der Waals surface area contributed by atoms with E-state index in [9.17, 15) is 4.79 Å². The zero-order valence-corrected chi connectivity index (χ0v) is 10.7. The lowest BCUT2D eigenvalue weighted by atomic mass is 10.2. The van der Waals surface area contributed by atoms with Crippen LogP contribution in [-0.2, 0) is 11.2 Å². The Morgan fingerprint density at radius 2 is 2.22 bits per heavy atom. The van der Waals surface area contributed by atoms with Crippen molar-refractivity contribution in [3.63, 3.8) is 0 Å². The molecule has 3 rings (SSSR count). The molecule has 94 valence electrons. The average molecular weight is 264 g/mol. The fourth-order valence-electron chi connectivity index (χ4n) is 2.35. The number of benzene rings is 1. The van der Waals surface area contributed by atoms with E-state index in [-0.39, 0.29) is 11.3 Å². The third-order valence-corrected chi connectivity index (χ3v) is 3.56. The predicted molar refractivity (Wildman–Crippen MR) is 70.8 cm³/mol. The standard InChI is InChI=1S/C14H14ClNO2/c15-11-8-14(17)16(9-11)6-5-12-7-10-3-1-2-4-13(10)18-12/h1-4,7,11H,5-6,8-9H2. The molecular weight excluding hydrogens is 250 g/mol. The topological polar surface area (TPSA) is 33.5 Å². The lowest BCUT2D eigenvalue weighted by molar-refractivity contribution is -0.127. The highest BCUT2D eigenvalue weighted by molar-refractivity contribution is 6.22. The quantitative estimate of drug-likeness (QED) is 0.798. The molecule has 1 atom stereocenters. The number of likely N-dealkylation sites (tertiary alicyclic amines) is 1. The maximum atomic E-state index is 11.6. The van der Waals surface area contributed by atoms with Crippen LogP contribution < -0.4 is 0 Å². The van der Waals surface area contributed by atoms with Gasteiger partial charge in [-0.1, -0.05) is 18.2 Å². The molecule has 1 aromatic carbocycles. The van der Waals surface area contributed by atoms with Crippen molar-refractivity contribution in [1.82, 2.24) is 4.90 Å². The van der Waals surface area contributed by atoms with Crippen LogP contribution in [0.2, 0.25) is 0 Å². The molecule has 1 aromatic heterocycles. The Labute approximate surface area is 110 Å². The second kappa shape index (κ2) is 4.65. The minimum atomic E-state index is -0.0341. The number of furan rings is 1. The van der Waals surface area contributed by atoms with Crippen molar-refractivity contribution < 1.29 is 9.21 Å². The Balaban J connectivity index is 1.68. The molecule has 1 amide bonds. The summed E-state index contributed by atoms with van der Waals surface area (Å²) in [5.74, 6) is 1.06. The number of hydrogen-bond acceptors (Lipinski definition) is 2. The fourth-order valence-corrected chi connectivity index (χ4v) is 2.64. The number of hydrogen-bond donors (Lipinski definition) is 0. The van der Waals surface area contributed by atoms with Gasteiger partial charge in [0.25, 0.3) is 0 Å². The molecule has 1 aliphatic rings. The summed E-state index contributed by atoms with van der Waals surface area (Å²) < 4.78 is 5.72. The van der Waals surface area contributed by atoms with Crippen molar-refractivity contribution in [3.8, 4) is 0 Å². The summed E-state index contributed by atoms with van der Waals surface area (Å²) in [6.45, 7) is 1.34. The van der Waals surface area contributed by atoms with Crippen molar-refractivity contribution in [2.24, 2.45) is 0 Å². The number of halogens is 1. The van der Waals surface area contributed by atoms with E-state index in [1.165, 1.54) is 0 Å². The van der Waals surface area contributed by atoms with Gasteiger partial charge in [-0.15, -0.1) is 11.6 Å². The van der Waals surface area contributed by atoms with Crippen LogP contribution in [0.15, 0.2) is 34.7 Å². The largest absolute Gasteiger partial charge is 0.461 e. The van der Waals surface area contributed by atoms with Gasteiger partial charge in [0.15, 0.2) is 0 Å². The number of carbonyl (C=O) groups excluding carboxylic acids is 1. The summed E-state index contributed by atoms with van der Waals surface area (Å²) in [6, 6.07) is 9.96. The highest BCUT2D eigenvalue weighted by Gasteiger charge is 2.27. The zero-order chi connectivity index (χ0) is 12.5. The van der Waals surface area contributed by atoms with Crippen LogP contribution in [0, 0.1) is 0 Å². The number of nitrogens with zero attached hydrogens (tertiary/aromatic N) is 1. The first-order chi connectivity index (χ1) is 8.72. The minimum Gasteiger partial charge on any atom is -0.461 e. The van der Waals surface area contributed by atoms with Gasteiger partial charge in [0, 0.05) is 31.3 Å². The minimum absolute atomic E-state index is 0.0341. The molecule has 0 aliphatic carbocycles. The first kappa shape index (κ1) is 11.6. The highest BCUT2D eigenvalue weighted by Crippen LogP contribution is 2.21. The molecule has 2 aromatic rings. The van der Waals surface area contributed by atoms with E-state index in [0.29, 0.717) is 19.5 Å². The summed E-state index contributed by atoms with van der Waals surface area (Å²) in [6.07, 6.45) is 1.20. The van der Waals surface area contributed by atoms with E-state index in [1.807, 2.05) is 35.2 Å². The number of alkyl halides is 1. The number of para-hydroxylation sites is 1. The summed E-state index contributed by atoms with van der Waals surface area (Å²) >= 11 is 5.96. The molecule has 3 nitrogen and oxygen atoms in total. The van der Waals surface area contributed by atoms with Crippen molar-refractivity contribution in [3.05, 3.63) is 36.1 Å². The fraction of sp³-hybridized carbons (Fsp3) is 0.357. The molecular formula is C14H14ClNO2. The van der Waals surface area contributed by atoms with Gasteiger partial charge in [-0.3, -0.25) is 4.79 Å². The lowest BCUT2D eigenvalue weighted by Gasteiger charge is -2.14. The van der Waals surface area contributed by atoms with E-state index in [4.69, 9.17) is 16.0 Å². The Bertz CT molecular complexity index is 545. The van der Waals surface area contributed by atoms with Crippen molar-refractivity contribution in [1.29, 1.82) is 0 Å². The summed E-state index contributed by atoms with van der Waals surface area (Å²) in [5, 5.41) is 1.07. The Hall–Kier alpha value is -1.48. The molecule has 1 aliphatic heterocycles. The van der Waals surface area contributed by atoms with E-state index in [2.05, 4.69) is 0 Å². The summed E-state index contributed by atoms with van der Waals surface area (Å²) in [5.41, 5.74) is 0.899. The molecule has 0 radical (unpaired) electrons. The molecule has 1 saturated heterocycles. The molecule has 0 N–H and O–H groups in total. The second-order valence-electron chi connectivity index (χ2n) is 4.64. The van der Waals surface area contributed by atoms with E-state index in [1.54, 1.807) is 0 Å². The van der Waals surface area contributed by atoms with Crippen molar-refractivity contribution in [2.45, 2.75) is 18.2 Å². The monoisotopic (exact) mass is 263 g/mol. The molecule has 0 saturated carbocycles. The van der Waals surface area contributed by atoms with E-state index in [0.717, 1.165) is 23.2 Å². The first-order valence-corrected chi connectivity index (χ1v) is 6.55. The number of rotatable bonds is 3. The Kier molecular flexibility index (Phi) is 3.00. The van der Waals surface area contributed by atoms with E-state index >= 15 is 0 Å². The number of carbonyl (C=O) groups is 1. The van der Waals surface area contributed by atoms with Gasteiger partial charge in [-0.25, -0.2) is 0 Å². The molecule has 1 unspecified atom stereocenters. The third kappa shape index (κ3) is 2.23. The van der Waals surface area contributed by atoms with Gasteiger partial charge in [0.2, 0.25) is 5.91 Å². The van der Waals surface area contributed by atoms with E-state index < -0.39 is 0 Å². The first-order valence-electron chi connectivity index (χ1n) is 6.11. The molecule has 2 heterocycles. The normalized spacial score (nSPS) is 19.9. The van der Waals surface area contributed by atoms with Gasteiger partial charge in [-0.2, -0.15) is 0 Å². The van der Waals surface area contributed by atoms with Crippen LogP contribution in [0.5, 0.6) is 0 Å². The third-order valence-electron chi connectivity index (χ3n) is 3.27. The van der Waals surface area contributed by atoms with Crippen LogP contribution in [0.3, 0.4) is 0 Å². The van der Waals surface area contributed by atoms with Crippen LogP contribution in [-0.4, -0.2) is 29.3 Å². The van der Waals surface area contributed by atoms with Crippen LogP contribution in [0.1, 0.15) is 12.2 Å². The predicted octanol–water partition coefficient (Wildman–Crippen LogP) is 2.82. The SMILES string of the molecule is O=C1CC(Cl)CN1CCc1cc2ccccc2o1. The van der Waals surface area contributed by atoms with Crippen LogP contribution in [0.4, 0.5) is 0 Å². The lowest BCUT2D eigenvalue weighted by Crippen LogP contribution is -2.27. The van der Waals surface area contributed by atoms with Gasteiger partial charge in [-0.05, 0) is 12.1 Å². The molecule has 1 fully saturated rings. The van der Waals surface area contributed by atoms with Gasteiger partial charge in [0.1, 0.15) is 11.3 Å². The molecule has 18 heavy (non-hydrogen) atoms. The van der Waals surface area contributed by atoms with Gasteiger partial charge < -0.3 is 9.32 Å². The van der Waals surface area contributed by atoms with Crippen LogP contribution >= 0.6 is 11.6 Å². The number of amides is 1. The maximum Gasteiger partial charge on any atom is 0.224 e. The second-order valence-corrected chi connectivity index (χ2v) is 5.26. The molecule has 0 spiro atoms. The van der Waals surface area contributed by atoms with Crippen molar-refractivity contribution in [2.75, 3.05) is 13.1 Å². The number of fused-ring (bicyclic) bond motifs is 1. The highest BCUT2D eigenvalue weighted by atomic mass is 35.5. The zero-order valence-electron chi connectivity index (χ0n) is 9.93. The summed E-state index contributed by atoms with van der Waals surface area (Å²) in [4.78, 5) is 13.4. The summed E-state index contributed by atoms with van der Waals surface area (Å²) in [7, 11) is 0. The Morgan fingerprint density at radius 1 is 1.39 bits per heavy atom. The average Bonchev–Trinajstić information content (AvgIpc) is 2.89. The molecule has 4 heteroatoms. The maximum absolute atomic E-state index is 11.6. The van der Waals surface area contributed by atoms with Gasteiger partial charge >= 0.3 is 0 Å². The van der Waals surface area contributed by atoms with Gasteiger partial charge in [0.05, 0.1) is 5.38 Å². The van der Waals surface area contributed by atoms with Crippen molar-refractivity contribution >= 4 is 28.5 Å². The smallest absolute Gasteiger partial charge is 0.224 e. The van der Waals surface area contributed by atoms with Crippen LogP contribution in [0.25, 0.3) is 11.0 Å².